The highest BCUT2D eigenvalue weighted by Crippen LogP contribution is 2.67. The van der Waals surface area contributed by atoms with Crippen LogP contribution < -0.4 is 4.90 Å². The van der Waals surface area contributed by atoms with Crippen LogP contribution in [0.3, 0.4) is 0 Å². The number of hydrogen-bond donors (Lipinski definition) is 0. The Morgan fingerprint density at radius 2 is 0.769 bits per heavy atom. The van der Waals surface area contributed by atoms with Crippen molar-refractivity contribution in [1.29, 1.82) is 0 Å². The quantitative estimate of drug-likeness (QED) is 0.174. The van der Waals surface area contributed by atoms with Crippen LogP contribution in [0, 0.1) is 0 Å². The molecule has 0 spiro atoms. The molecule has 0 amide bonds. The minimum Gasteiger partial charge on any atom is -0.308 e. The molecule has 1 aliphatic heterocycles. The topological polar surface area (TPSA) is 41.9 Å². The van der Waals surface area contributed by atoms with Gasteiger partial charge in [0.1, 0.15) is 0 Å². The molecule has 52 heavy (non-hydrogen) atoms. The van der Waals surface area contributed by atoms with E-state index in [9.17, 15) is 0 Å². The zero-order chi connectivity index (χ0) is 35.1. The fourth-order valence-electron chi connectivity index (χ4n) is 7.18. The zero-order valence-electron chi connectivity index (χ0n) is 29.0. The molecule has 2 heterocycles. The Morgan fingerprint density at radius 1 is 0.346 bits per heavy atom. The average molecular weight is 689 g/mol. The molecule has 5 heteroatoms. The third kappa shape index (κ3) is 5.66. The van der Waals surface area contributed by atoms with Crippen molar-refractivity contribution in [2.45, 2.75) is 9.79 Å². The Kier molecular flexibility index (Phi) is 7.98. The summed E-state index contributed by atoms with van der Waals surface area (Å²) in [6.45, 7) is 0. The molecule has 0 radical (unpaired) electrons. The van der Waals surface area contributed by atoms with E-state index in [1.165, 1.54) is 32.3 Å². The van der Waals surface area contributed by atoms with Gasteiger partial charge in [-0.15, -0.1) is 0 Å². The number of rotatable bonds is 6. The first kappa shape index (κ1) is 31.7. The van der Waals surface area contributed by atoms with Crippen molar-refractivity contribution in [1.82, 2.24) is 15.0 Å². The van der Waals surface area contributed by atoms with Crippen molar-refractivity contribution in [2.24, 2.45) is 0 Å². The maximum atomic E-state index is 5.25. The molecule has 0 N–H and O–H groups in total. The van der Waals surface area contributed by atoms with E-state index in [0.717, 1.165) is 33.5 Å². The second-order valence-corrected chi connectivity index (χ2v) is 16.8. The lowest BCUT2D eigenvalue weighted by Gasteiger charge is -2.45. The van der Waals surface area contributed by atoms with Crippen molar-refractivity contribution in [2.75, 3.05) is 17.4 Å². The second-order valence-electron chi connectivity index (χ2n) is 13.3. The lowest BCUT2D eigenvalue weighted by Crippen LogP contribution is -2.20. The maximum absolute atomic E-state index is 5.25. The van der Waals surface area contributed by atoms with Crippen LogP contribution in [0.1, 0.15) is 0 Å². The van der Waals surface area contributed by atoms with Crippen LogP contribution in [0.4, 0.5) is 17.1 Å². The number of para-hydroxylation sites is 2. The Labute approximate surface area is 306 Å². The molecule has 0 fully saturated rings. The minimum absolute atomic E-state index is 0.621. The van der Waals surface area contributed by atoms with Gasteiger partial charge < -0.3 is 4.90 Å². The SMILES string of the molecule is CS1(C)c2ccccc2N(c2ccc(-c3cccc(-c4ccccc4)c3)cc2-c2nc(-c3ccccc3)nc(-c3ccccc3)n2)c2ccccc21. The number of fused-ring (bicyclic) bond motifs is 2. The summed E-state index contributed by atoms with van der Waals surface area (Å²) < 4.78 is 0. The van der Waals surface area contributed by atoms with E-state index in [0.29, 0.717) is 17.5 Å². The summed E-state index contributed by atoms with van der Waals surface area (Å²) in [5.74, 6) is 1.89. The Morgan fingerprint density at radius 3 is 1.33 bits per heavy atom. The minimum atomic E-state index is -1.27. The second kappa shape index (κ2) is 13.1. The number of nitrogens with zero attached hydrogens (tertiary/aromatic N) is 4. The predicted octanol–water partition coefficient (Wildman–Crippen LogP) is 12.5. The monoisotopic (exact) mass is 688 g/mol. The Bertz CT molecular complexity index is 2440. The Balaban J connectivity index is 1.32. The molecule has 0 saturated carbocycles. The molecule has 0 atom stereocenters. The van der Waals surface area contributed by atoms with Crippen molar-refractivity contribution in [3.05, 3.63) is 182 Å². The summed E-state index contributed by atoms with van der Waals surface area (Å²) in [7, 11) is -1.27. The summed E-state index contributed by atoms with van der Waals surface area (Å²) in [6.07, 6.45) is 4.80. The lowest BCUT2D eigenvalue weighted by atomic mass is 9.96. The number of hydrogen-bond acceptors (Lipinski definition) is 4. The van der Waals surface area contributed by atoms with Gasteiger partial charge in [-0.1, -0.05) is 140 Å². The van der Waals surface area contributed by atoms with Crippen LogP contribution in [0.25, 0.3) is 56.4 Å². The molecule has 0 saturated heterocycles. The highest BCUT2D eigenvalue weighted by Gasteiger charge is 2.34. The molecule has 0 unspecified atom stereocenters. The third-order valence-electron chi connectivity index (χ3n) is 9.79. The van der Waals surface area contributed by atoms with Gasteiger partial charge in [0, 0.05) is 26.5 Å². The summed E-state index contributed by atoms with van der Waals surface area (Å²) in [5, 5.41) is 0. The highest BCUT2D eigenvalue weighted by atomic mass is 32.3. The van der Waals surface area contributed by atoms with Gasteiger partial charge in [-0.3, -0.25) is 0 Å². The fourth-order valence-corrected chi connectivity index (χ4v) is 9.62. The maximum Gasteiger partial charge on any atom is 0.166 e. The first-order chi connectivity index (χ1) is 25.5. The first-order valence-electron chi connectivity index (χ1n) is 17.4. The summed E-state index contributed by atoms with van der Waals surface area (Å²) in [4.78, 5) is 20.6. The van der Waals surface area contributed by atoms with Crippen LogP contribution in [-0.2, 0) is 0 Å². The van der Waals surface area contributed by atoms with Crippen molar-refractivity contribution in [3.63, 3.8) is 0 Å². The average Bonchev–Trinajstić information content (AvgIpc) is 3.22. The largest absolute Gasteiger partial charge is 0.308 e. The van der Waals surface area contributed by atoms with Gasteiger partial charge in [-0.25, -0.2) is 15.0 Å². The van der Waals surface area contributed by atoms with Crippen LogP contribution in [0.2, 0.25) is 0 Å². The van der Waals surface area contributed by atoms with E-state index in [2.05, 4.69) is 163 Å². The zero-order valence-corrected chi connectivity index (χ0v) is 29.8. The summed E-state index contributed by atoms with van der Waals surface area (Å²) in [5.41, 5.74) is 10.8. The molecule has 0 bridgehead atoms. The van der Waals surface area contributed by atoms with E-state index >= 15 is 0 Å². The first-order valence-corrected chi connectivity index (χ1v) is 19.9. The molecule has 1 aromatic heterocycles. The van der Waals surface area contributed by atoms with Gasteiger partial charge in [0.15, 0.2) is 17.5 Å². The van der Waals surface area contributed by atoms with Crippen LogP contribution in [-0.4, -0.2) is 27.5 Å². The van der Waals surface area contributed by atoms with Gasteiger partial charge >= 0.3 is 0 Å². The lowest BCUT2D eigenvalue weighted by molar-refractivity contribution is 1.07. The standard InChI is InChI=1S/C47H36N4S/c1-52(2)43-27-14-12-25-41(43)51(42-26-13-15-28-44(42)52)40-30-29-38(37-24-16-23-36(31-37)33-17-6-3-7-18-33)32-39(40)47-49-45(34-19-8-4-9-20-34)48-46(50-47)35-21-10-5-11-22-35/h3-32H,1-2H3. The molecule has 4 nitrogen and oxygen atoms in total. The highest BCUT2D eigenvalue weighted by molar-refractivity contribution is 8.33. The van der Waals surface area contributed by atoms with Gasteiger partial charge in [-0.2, -0.15) is 10.0 Å². The van der Waals surface area contributed by atoms with Crippen LogP contribution >= 0.6 is 10.0 Å². The third-order valence-corrected chi connectivity index (χ3v) is 12.7. The molecule has 8 aromatic rings. The number of aromatic nitrogens is 3. The van der Waals surface area contributed by atoms with Gasteiger partial charge in [0.25, 0.3) is 0 Å². The molecule has 0 aliphatic carbocycles. The van der Waals surface area contributed by atoms with E-state index < -0.39 is 10.0 Å². The van der Waals surface area contributed by atoms with E-state index in [4.69, 9.17) is 15.0 Å². The van der Waals surface area contributed by atoms with E-state index in [1.54, 1.807) is 0 Å². The predicted molar refractivity (Wildman–Crippen MR) is 218 cm³/mol. The van der Waals surface area contributed by atoms with Gasteiger partial charge in [0.05, 0.1) is 17.1 Å². The van der Waals surface area contributed by atoms with Crippen molar-refractivity contribution in [3.8, 4) is 56.4 Å². The molecule has 9 rings (SSSR count). The normalized spacial score (nSPS) is 13.5. The molecule has 250 valence electrons. The number of anilines is 3. The van der Waals surface area contributed by atoms with Crippen molar-refractivity contribution < 1.29 is 0 Å². The smallest absolute Gasteiger partial charge is 0.166 e. The molecule has 1 aliphatic rings. The van der Waals surface area contributed by atoms with Gasteiger partial charge in [0.2, 0.25) is 0 Å². The van der Waals surface area contributed by atoms with Crippen molar-refractivity contribution >= 4 is 27.1 Å². The fraction of sp³-hybridized carbons (Fsp3) is 0.0426. The molecule has 7 aromatic carbocycles. The summed E-state index contributed by atoms with van der Waals surface area (Å²) >= 11 is 0. The Hall–Kier alpha value is -6.30. The van der Waals surface area contributed by atoms with Gasteiger partial charge in [-0.05, 0) is 77.2 Å². The number of benzene rings is 7. The van der Waals surface area contributed by atoms with Crippen LogP contribution in [0.5, 0.6) is 0 Å². The summed E-state index contributed by atoms with van der Waals surface area (Å²) in [6, 6.07) is 64.1. The molecular weight excluding hydrogens is 653 g/mol. The van der Waals surface area contributed by atoms with Crippen LogP contribution in [0.15, 0.2) is 192 Å². The molecular formula is C47H36N4S. The van der Waals surface area contributed by atoms with E-state index in [-0.39, 0.29) is 0 Å². The van der Waals surface area contributed by atoms with E-state index in [1.807, 2.05) is 36.4 Å².